The number of ether oxygens (including phenoxy) is 1. The van der Waals surface area contributed by atoms with Crippen molar-refractivity contribution < 1.29 is 4.74 Å². The molecule has 2 atom stereocenters. The number of piperidine rings is 1. The molecule has 1 saturated heterocycles. The molecule has 0 amide bonds. The van der Waals surface area contributed by atoms with Gasteiger partial charge in [-0.25, -0.2) is 0 Å². The molecular formula is C15H25BrN2OS. The van der Waals surface area contributed by atoms with E-state index in [0.29, 0.717) is 12.1 Å². The molecule has 1 fully saturated rings. The zero-order valence-corrected chi connectivity index (χ0v) is 14.8. The summed E-state index contributed by atoms with van der Waals surface area (Å²) < 4.78 is 6.93. The highest BCUT2D eigenvalue weighted by molar-refractivity contribution is 9.11. The summed E-state index contributed by atoms with van der Waals surface area (Å²) in [6.45, 7) is 7.23. The van der Waals surface area contributed by atoms with Crippen LogP contribution in [-0.2, 0) is 4.74 Å². The maximum atomic E-state index is 6.40. The van der Waals surface area contributed by atoms with Gasteiger partial charge < -0.3 is 10.5 Å². The quantitative estimate of drug-likeness (QED) is 0.838. The van der Waals surface area contributed by atoms with Crippen LogP contribution in [0.15, 0.2) is 15.9 Å². The summed E-state index contributed by atoms with van der Waals surface area (Å²) in [6, 6.07) is 4.88. The molecule has 2 rings (SSSR count). The van der Waals surface area contributed by atoms with Crippen LogP contribution in [-0.4, -0.2) is 36.7 Å². The second-order valence-electron chi connectivity index (χ2n) is 5.35. The number of rotatable bonds is 6. The van der Waals surface area contributed by atoms with Crippen LogP contribution in [0.1, 0.15) is 44.0 Å². The molecule has 0 spiro atoms. The van der Waals surface area contributed by atoms with Crippen LogP contribution in [0.5, 0.6) is 0 Å². The summed E-state index contributed by atoms with van der Waals surface area (Å²) in [5, 5.41) is 0. The molecule has 2 N–H and O–H groups in total. The Morgan fingerprint density at radius 3 is 2.60 bits per heavy atom. The van der Waals surface area contributed by atoms with Gasteiger partial charge in [0, 0.05) is 30.6 Å². The van der Waals surface area contributed by atoms with Crippen LogP contribution in [0.3, 0.4) is 0 Å². The average molecular weight is 361 g/mol. The molecule has 114 valence electrons. The highest BCUT2D eigenvalue weighted by atomic mass is 79.9. The Kier molecular flexibility index (Phi) is 6.49. The Hall–Kier alpha value is 0.0600. The summed E-state index contributed by atoms with van der Waals surface area (Å²) in [6.07, 6.45) is 3.68. The van der Waals surface area contributed by atoms with Gasteiger partial charge in [0.15, 0.2) is 0 Å². The topological polar surface area (TPSA) is 38.5 Å². The number of hydrogen-bond acceptors (Lipinski definition) is 4. The van der Waals surface area contributed by atoms with Crippen molar-refractivity contribution >= 4 is 27.3 Å². The van der Waals surface area contributed by atoms with E-state index in [9.17, 15) is 0 Å². The molecule has 2 unspecified atom stereocenters. The van der Waals surface area contributed by atoms with E-state index in [1.165, 1.54) is 8.66 Å². The molecule has 0 radical (unpaired) electrons. The lowest BCUT2D eigenvalue weighted by molar-refractivity contribution is 0.000800. The minimum Gasteiger partial charge on any atom is -0.378 e. The first-order chi connectivity index (χ1) is 9.65. The number of hydrogen-bond donors (Lipinski definition) is 1. The van der Waals surface area contributed by atoms with Crippen molar-refractivity contribution in [2.75, 3.05) is 19.7 Å². The molecule has 1 aliphatic rings. The Bertz CT molecular complexity index is 404. The summed E-state index contributed by atoms with van der Waals surface area (Å²) in [4.78, 5) is 3.92. The Labute approximate surface area is 134 Å². The van der Waals surface area contributed by atoms with E-state index in [2.05, 4.69) is 46.8 Å². The molecule has 0 saturated carbocycles. The van der Waals surface area contributed by atoms with Gasteiger partial charge in [0.2, 0.25) is 0 Å². The van der Waals surface area contributed by atoms with Gasteiger partial charge in [0.25, 0.3) is 0 Å². The van der Waals surface area contributed by atoms with Gasteiger partial charge in [-0.3, -0.25) is 4.90 Å². The van der Waals surface area contributed by atoms with Crippen molar-refractivity contribution in [1.29, 1.82) is 0 Å². The average Bonchev–Trinajstić information content (AvgIpc) is 2.87. The molecule has 1 aromatic rings. The van der Waals surface area contributed by atoms with Crippen molar-refractivity contribution in [1.82, 2.24) is 4.90 Å². The van der Waals surface area contributed by atoms with Crippen LogP contribution in [0, 0.1) is 0 Å². The van der Waals surface area contributed by atoms with Crippen molar-refractivity contribution in [3.05, 3.63) is 20.8 Å². The van der Waals surface area contributed by atoms with E-state index in [-0.39, 0.29) is 6.04 Å². The lowest BCUT2D eigenvalue weighted by atomic mass is 9.98. The smallest absolute Gasteiger partial charge is 0.0702 e. The van der Waals surface area contributed by atoms with Gasteiger partial charge in [-0.15, -0.1) is 11.3 Å². The second kappa shape index (κ2) is 7.90. The maximum Gasteiger partial charge on any atom is 0.0702 e. The first-order valence-corrected chi connectivity index (χ1v) is 9.13. The molecule has 20 heavy (non-hydrogen) atoms. The predicted molar refractivity (Wildman–Crippen MR) is 89.2 cm³/mol. The number of nitrogens with zero attached hydrogens (tertiary/aromatic N) is 1. The van der Waals surface area contributed by atoms with Crippen molar-refractivity contribution in [3.63, 3.8) is 0 Å². The highest BCUT2D eigenvalue weighted by Gasteiger charge is 2.30. The minimum atomic E-state index is 0.198. The first-order valence-electron chi connectivity index (χ1n) is 7.52. The van der Waals surface area contributed by atoms with E-state index in [4.69, 9.17) is 10.5 Å². The predicted octanol–water partition coefficient (Wildman–Crippen LogP) is 3.79. The van der Waals surface area contributed by atoms with E-state index in [0.717, 1.165) is 39.0 Å². The van der Waals surface area contributed by atoms with Crippen LogP contribution in [0.4, 0.5) is 0 Å². The third-order valence-electron chi connectivity index (χ3n) is 4.03. The molecule has 0 aliphatic carbocycles. The van der Waals surface area contributed by atoms with Crippen LogP contribution >= 0.6 is 27.3 Å². The lowest BCUT2D eigenvalue weighted by Crippen LogP contribution is -2.45. The molecule has 0 aromatic carbocycles. The summed E-state index contributed by atoms with van der Waals surface area (Å²) in [7, 11) is 0. The van der Waals surface area contributed by atoms with Crippen LogP contribution in [0.2, 0.25) is 0 Å². The SMILES string of the molecule is CCOC1CCN(C(c2ccc(Br)s2)C(N)CC)CC1. The first kappa shape index (κ1) is 16.4. The molecule has 1 aliphatic heterocycles. The standard InChI is InChI=1S/C15H25BrN2OS/c1-3-12(17)15(13-5-6-14(16)20-13)18-9-7-11(8-10-18)19-4-2/h5-6,11-12,15H,3-4,7-10,17H2,1-2H3. The second-order valence-corrected chi connectivity index (χ2v) is 7.84. The van der Waals surface area contributed by atoms with Gasteiger partial charge >= 0.3 is 0 Å². The summed E-state index contributed by atoms with van der Waals surface area (Å²) in [5.74, 6) is 0. The van der Waals surface area contributed by atoms with Crippen LogP contribution < -0.4 is 5.73 Å². The fraction of sp³-hybridized carbons (Fsp3) is 0.733. The van der Waals surface area contributed by atoms with Crippen molar-refractivity contribution in [2.24, 2.45) is 5.73 Å². The zero-order valence-electron chi connectivity index (χ0n) is 12.3. The summed E-state index contributed by atoms with van der Waals surface area (Å²) in [5.41, 5.74) is 6.40. The minimum absolute atomic E-state index is 0.198. The number of thiophene rings is 1. The van der Waals surface area contributed by atoms with Gasteiger partial charge in [-0.2, -0.15) is 0 Å². The molecule has 2 heterocycles. The van der Waals surface area contributed by atoms with Gasteiger partial charge in [-0.1, -0.05) is 6.92 Å². The highest BCUT2D eigenvalue weighted by Crippen LogP contribution is 2.35. The van der Waals surface area contributed by atoms with E-state index in [1.54, 1.807) is 0 Å². The number of likely N-dealkylation sites (tertiary alicyclic amines) is 1. The fourth-order valence-electron chi connectivity index (χ4n) is 2.93. The molecular weight excluding hydrogens is 336 g/mol. The van der Waals surface area contributed by atoms with E-state index in [1.807, 2.05) is 11.3 Å². The third-order valence-corrected chi connectivity index (χ3v) is 5.73. The molecule has 1 aromatic heterocycles. The van der Waals surface area contributed by atoms with Gasteiger partial charge in [0.05, 0.1) is 15.9 Å². The van der Waals surface area contributed by atoms with Crippen LogP contribution in [0.25, 0.3) is 0 Å². The molecule has 3 nitrogen and oxygen atoms in total. The summed E-state index contributed by atoms with van der Waals surface area (Å²) >= 11 is 5.37. The Morgan fingerprint density at radius 2 is 2.10 bits per heavy atom. The lowest BCUT2D eigenvalue weighted by Gasteiger charge is -2.39. The monoisotopic (exact) mass is 360 g/mol. The van der Waals surface area contributed by atoms with Crippen molar-refractivity contribution in [3.8, 4) is 0 Å². The van der Waals surface area contributed by atoms with Crippen molar-refractivity contribution in [2.45, 2.75) is 51.3 Å². The van der Waals surface area contributed by atoms with Gasteiger partial charge in [-0.05, 0) is 54.2 Å². The van der Waals surface area contributed by atoms with Gasteiger partial charge in [0.1, 0.15) is 0 Å². The van der Waals surface area contributed by atoms with E-state index < -0.39 is 0 Å². The normalized spacial score (nSPS) is 21.0. The number of halogens is 1. The Morgan fingerprint density at radius 1 is 1.40 bits per heavy atom. The zero-order chi connectivity index (χ0) is 14.5. The third kappa shape index (κ3) is 4.04. The molecule has 5 heteroatoms. The molecule has 0 bridgehead atoms. The number of nitrogens with two attached hydrogens (primary N) is 1. The fourth-order valence-corrected chi connectivity index (χ4v) is 4.56. The largest absolute Gasteiger partial charge is 0.378 e. The Balaban J connectivity index is 2.05. The van der Waals surface area contributed by atoms with E-state index >= 15 is 0 Å². The maximum absolute atomic E-state index is 6.40.